The first-order valence-corrected chi connectivity index (χ1v) is 7.81. The zero-order chi connectivity index (χ0) is 15.6. The SMILES string of the molecule is CN(Cc1cccc(C#N)c1)S(=O)(=O)c1c(Cl)cnn1C. The number of sulfonamides is 1. The summed E-state index contributed by atoms with van der Waals surface area (Å²) in [4.78, 5) is 0. The lowest BCUT2D eigenvalue weighted by Crippen LogP contribution is -2.28. The number of nitriles is 1. The van der Waals surface area contributed by atoms with E-state index in [2.05, 4.69) is 5.10 Å². The lowest BCUT2D eigenvalue weighted by atomic mass is 10.1. The van der Waals surface area contributed by atoms with Crippen molar-refractivity contribution in [3.05, 3.63) is 46.6 Å². The zero-order valence-electron chi connectivity index (χ0n) is 11.5. The van der Waals surface area contributed by atoms with E-state index in [0.29, 0.717) is 5.56 Å². The van der Waals surface area contributed by atoms with Crippen molar-refractivity contribution in [2.75, 3.05) is 7.05 Å². The summed E-state index contributed by atoms with van der Waals surface area (Å²) in [6.45, 7) is 0.138. The maximum absolute atomic E-state index is 12.5. The van der Waals surface area contributed by atoms with Crippen LogP contribution in [0, 0.1) is 11.3 Å². The lowest BCUT2D eigenvalue weighted by Gasteiger charge is -2.17. The second-order valence-corrected chi connectivity index (χ2v) is 6.86. The van der Waals surface area contributed by atoms with Crippen molar-refractivity contribution in [2.24, 2.45) is 7.05 Å². The number of aryl methyl sites for hydroxylation is 1. The van der Waals surface area contributed by atoms with Crippen LogP contribution in [0.15, 0.2) is 35.5 Å². The molecule has 0 saturated heterocycles. The molecule has 0 fully saturated rings. The Labute approximate surface area is 128 Å². The summed E-state index contributed by atoms with van der Waals surface area (Å²) in [5, 5.41) is 12.7. The summed E-state index contributed by atoms with van der Waals surface area (Å²) in [5.41, 5.74) is 1.20. The van der Waals surface area contributed by atoms with Gasteiger partial charge in [-0.15, -0.1) is 0 Å². The fourth-order valence-corrected chi connectivity index (χ4v) is 3.67. The quantitative estimate of drug-likeness (QED) is 0.858. The van der Waals surface area contributed by atoms with Gasteiger partial charge in [0.1, 0.15) is 0 Å². The van der Waals surface area contributed by atoms with Crippen LogP contribution < -0.4 is 0 Å². The standard InChI is InChI=1S/C13H13ClN4O2S/c1-17(9-11-5-3-4-10(6-11)7-15)21(19,20)13-12(14)8-16-18(13)2/h3-6,8H,9H2,1-2H3. The molecule has 6 nitrogen and oxygen atoms in total. The Morgan fingerprint density at radius 1 is 1.48 bits per heavy atom. The highest BCUT2D eigenvalue weighted by molar-refractivity contribution is 7.89. The van der Waals surface area contributed by atoms with E-state index < -0.39 is 10.0 Å². The number of rotatable bonds is 4. The molecule has 1 heterocycles. The minimum Gasteiger partial charge on any atom is -0.255 e. The monoisotopic (exact) mass is 324 g/mol. The van der Waals surface area contributed by atoms with E-state index in [1.165, 1.54) is 29.3 Å². The smallest absolute Gasteiger partial charge is 0.255 e. The van der Waals surface area contributed by atoms with Gasteiger partial charge in [-0.3, -0.25) is 4.68 Å². The summed E-state index contributed by atoms with van der Waals surface area (Å²) in [5.74, 6) is 0. The van der Waals surface area contributed by atoms with Crippen LogP contribution in [0.4, 0.5) is 0 Å². The van der Waals surface area contributed by atoms with E-state index in [1.807, 2.05) is 6.07 Å². The third kappa shape index (κ3) is 3.08. The molecule has 0 unspecified atom stereocenters. The van der Waals surface area contributed by atoms with Gasteiger partial charge in [-0.05, 0) is 17.7 Å². The van der Waals surface area contributed by atoms with E-state index in [1.54, 1.807) is 24.3 Å². The van der Waals surface area contributed by atoms with Gasteiger partial charge in [0.05, 0.1) is 22.9 Å². The van der Waals surface area contributed by atoms with Crippen molar-refractivity contribution in [1.29, 1.82) is 5.26 Å². The summed E-state index contributed by atoms with van der Waals surface area (Å²) in [6.07, 6.45) is 1.29. The molecule has 0 aliphatic heterocycles. The molecule has 0 radical (unpaired) electrons. The van der Waals surface area contributed by atoms with E-state index >= 15 is 0 Å². The molecule has 2 rings (SSSR count). The molecule has 110 valence electrons. The van der Waals surface area contributed by atoms with Crippen molar-refractivity contribution in [2.45, 2.75) is 11.6 Å². The number of nitrogens with zero attached hydrogens (tertiary/aromatic N) is 4. The first kappa shape index (κ1) is 15.5. The van der Waals surface area contributed by atoms with Gasteiger partial charge in [0.15, 0.2) is 5.03 Å². The van der Waals surface area contributed by atoms with Crippen molar-refractivity contribution in [3.63, 3.8) is 0 Å². The van der Waals surface area contributed by atoms with Gasteiger partial charge >= 0.3 is 0 Å². The Balaban J connectivity index is 2.31. The number of hydrogen-bond donors (Lipinski definition) is 0. The number of aromatic nitrogens is 2. The van der Waals surface area contributed by atoms with Gasteiger partial charge in [-0.25, -0.2) is 8.42 Å². The molecule has 0 amide bonds. The molecule has 2 aromatic rings. The number of benzene rings is 1. The van der Waals surface area contributed by atoms with Crippen LogP contribution in [0.3, 0.4) is 0 Å². The fourth-order valence-electron chi connectivity index (χ4n) is 1.92. The molecule has 0 atom stereocenters. The average Bonchev–Trinajstić information content (AvgIpc) is 2.78. The molecule has 8 heteroatoms. The molecule has 0 N–H and O–H groups in total. The minimum atomic E-state index is -3.76. The third-order valence-corrected chi connectivity index (χ3v) is 5.27. The first-order chi connectivity index (χ1) is 9.86. The Hall–Kier alpha value is -1.88. The van der Waals surface area contributed by atoms with Crippen molar-refractivity contribution in [1.82, 2.24) is 14.1 Å². The van der Waals surface area contributed by atoms with Crippen LogP contribution >= 0.6 is 11.6 Å². The topological polar surface area (TPSA) is 79.0 Å². The van der Waals surface area contributed by atoms with Crippen LogP contribution in [0.25, 0.3) is 0 Å². The number of halogens is 1. The molecule has 0 bridgehead atoms. The van der Waals surface area contributed by atoms with Crippen LogP contribution in [-0.4, -0.2) is 29.6 Å². The molecule has 0 saturated carbocycles. The van der Waals surface area contributed by atoms with Crippen molar-refractivity contribution in [3.8, 4) is 6.07 Å². The molecule has 21 heavy (non-hydrogen) atoms. The van der Waals surface area contributed by atoms with Crippen LogP contribution in [0.5, 0.6) is 0 Å². The Kier molecular flexibility index (Phi) is 4.32. The van der Waals surface area contributed by atoms with Crippen LogP contribution in [0.2, 0.25) is 5.02 Å². The minimum absolute atomic E-state index is 0.0527. The summed E-state index contributed by atoms with van der Waals surface area (Å²) in [6, 6.07) is 8.81. The number of hydrogen-bond acceptors (Lipinski definition) is 4. The highest BCUT2D eigenvalue weighted by atomic mass is 35.5. The van der Waals surface area contributed by atoms with E-state index in [0.717, 1.165) is 5.56 Å². The van der Waals surface area contributed by atoms with Crippen LogP contribution in [0.1, 0.15) is 11.1 Å². The highest BCUT2D eigenvalue weighted by Gasteiger charge is 2.27. The molecular formula is C13H13ClN4O2S. The Bertz CT molecular complexity index is 788. The van der Waals surface area contributed by atoms with E-state index in [4.69, 9.17) is 16.9 Å². The van der Waals surface area contributed by atoms with Gasteiger partial charge in [0.25, 0.3) is 10.0 Å². The lowest BCUT2D eigenvalue weighted by molar-refractivity contribution is 0.457. The van der Waals surface area contributed by atoms with Gasteiger partial charge in [-0.2, -0.15) is 14.7 Å². The third-order valence-electron chi connectivity index (χ3n) is 2.96. The van der Waals surface area contributed by atoms with Crippen molar-refractivity contribution >= 4 is 21.6 Å². The van der Waals surface area contributed by atoms with E-state index in [-0.39, 0.29) is 16.6 Å². The fraction of sp³-hybridized carbons (Fsp3) is 0.231. The summed E-state index contributed by atoms with van der Waals surface area (Å²) < 4.78 is 27.4. The molecule has 0 aliphatic rings. The van der Waals surface area contributed by atoms with Gasteiger partial charge < -0.3 is 0 Å². The molecule has 1 aromatic heterocycles. The average molecular weight is 325 g/mol. The summed E-state index contributed by atoms with van der Waals surface area (Å²) >= 11 is 5.89. The maximum Gasteiger partial charge on any atom is 0.261 e. The molecule has 0 aliphatic carbocycles. The molecule has 1 aromatic carbocycles. The van der Waals surface area contributed by atoms with E-state index in [9.17, 15) is 8.42 Å². The predicted octanol–water partition coefficient (Wildman–Crippen LogP) is 1.77. The largest absolute Gasteiger partial charge is 0.261 e. The molecule has 0 spiro atoms. The van der Waals surface area contributed by atoms with Gasteiger partial charge in [-0.1, -0.05) is 23.7 Å². The summed E-state index contributed by atoms with van der Waals surface area (Å²) in [7, 11) is -0.783. The Morgan fingerprint density at radius 3 is 2.76 bits per heavy atom. The normalized spacial score (nSPS) is 11.6. The maximum atomic E-state index is 12.5. The zero-order valence-corrected chi connectivity index (χ0v) is 13.1. The molecular weight excluding hydrogens is 312 g/mol. The predicted molar refractivity (Wildman–Crippen MR) is 78.0 cm³/mol. The van der Waals surface area contributed by atoms with Gasteiger partial charge in [0.2, 0.25) is 0 Å². The van der Waals surface area contributed by atoms with Crippen molar-refractivity contribution < 1.29 is 8.42 Å². The second-order valence-electron chi connectivity index (χ2n) is 4.49. The van der Waals surface area contributed by atoms with Crippen LogP contribution in [-0.2, 0) is 23.6 Å². The van der Waals surface area contributed by atoms with Gasteiger partial charge in [0, 0.05) is 20.6 Å². The first-order valence-electron chi connectivity index (χ1n) is 5.99. The Morgan fingerprint density at radius 2 is 2.19 bits per heavy atom. The highest BCUT2D eigenvalue weighted by Crippen LogP contribution is 2.24. The second kappa shape index (κ2) is 5.85.